The van der Waals surface area contributed by atoms with Crippen LogP contribution in [0, 0.1) is 0 Å². The van der Waals surface area contributed by atoms with E-state index < -0.39 is 0 Å². The Balaban J connectivity index is 1.50. The highest BCUT2D eigenvalue weighted by Gasteiger charge is 2.34. The Morgan fingerprint density at radius 2 is 1.55 bits per heavy atom. The maximum atomic E-state index is 11.9. The molecule has 3 fully saturated rings. The lowest BCUT2D eigenvalue weighted by Crippen LogP contribution is -2.59. The number of nitrogens with zero attached hydrogens (tertiary/aromatic N) is 2. The number of carbonyl (C=O) groups is 2. The average molecular weight is 280 g/mol. The fourth-order valence-electron chi connectivity index (χ4n) is 3.62. The predicted molar refractivity (Wildman–Crippen MR) is 75.2 cm³/mol. The summed E-state index contributed by atoms with van der Waals surface area (Å²) in [4.78, 5) is 27.9. The molecule has 1 atom stereocenters. The Hall–Kier alpha value is -0.980. The van der Waals surface area contributed by atoms with Crippen molar-refractivity contribution < 1.29 is 9.59 Å². The molecule has 0 bridgehead atoms. The normalized spacial score (nSPS) is 31.3. The number of imide groups is 1. The Morgan fingerprint density at radius 1 is 0.900 bits per heavy atom. The van der Waals surface area contributed by atoms with Crippen LogP contribution < -0.4 is 10.6 Å². The van der Waals surface area contributed by atoms with Crippen molar-refractivity contribution in [2.75, 3.05) is 39.3 Å². The van der Waals surface area contributed by atoms with Gasteiger partial charge in [0.25, 0.3) is 0 Å². The zero-order chi connectivity index (χ0) is 13.9. The van der Waals surface area contributed by atoms with Gasteiger partial charge in [-0.15, -0.1) is 0 Å². The van der Waals surface area contributed by atoms with E-state index in [2.05, 4.69) is 20.4 Å². The molecule has 112 valence electrons. The monoisotopic (exact) mass is 280 g/mol. The summed E-state index contributed by atoms with van der Waals surface area (Å²) < 4.78 is 0. The quantitative estimate of drug-likeness (QED) is 0.646. The molecule has 0 saturated carbocycles. The van der Waals surface area contributed by atoms with Gasteiger partial charge in [-0.3, -0.25) is 24.7 Å². The molecular weight excluding hydrogens is 256 g/mol. The summed E-state index contributed by atoms with van der Waals surface area (Å²) in [6, 6.07) is 0.614. The SMILES string of the molecule is O=C1CCC(N2CCN(C3CCNCC3)CC2)C(=O)N1. The van der Waals surface area contributed by atoms with E-state index in [1.165, 1.54) is 12.8 Å². The van der Waals surface area contributed by atoms with Crippen LogP contribution in [0.25, 0.3) is 0 Å². The molecule has 3 saturated heterocycles. The van der Waals surface area contributed by atoms with Crippen LogP contribution in [-0.2, 0) is 9.59 Å². The van der Waals surface area contributed by atoms with E-state index >= 15 is 0 Å². The standard InChI is InChI=1S/C14H24N4O2/c19-13-2-1-12(14(20)16-13)18-9-7-17(8-10-18)11-3-5-15-6-4-11/h11-12,15H,1-10H2,(H,16,19,20). The van der Waals surface area contributed by atoms with E-state index in [0.29, 0.717) is 18.9 Å². The first kappa shape index (κ1) is 14.0. The molecule has 6 nitrogen and oxygen atoms in total. The second-order valence-electron chi connectivity index (χ2n) is 6.02. The molecular formula is C14H24N4O2. The van der Waals surface area contributed by atoms with E-state index in [1.54, 1.807) is 0 Å². The summed E-state index contributed by atoms with van der Waals surface area (Å²) in [6.07, 6.45) is 3.62. The molecule has 20 heavy (non-hydrogen) atoms. The molecule has 6 heteroatoms. The molecule has 3 heterocycles. The Kier molecular flexibility index (Phi) is 4.33. The summed E-state index contributed by atoms with van der Waals surface area (Å²) in [7, 11) is 0. The third-order valence-electron chi connectivity index (χ3n) is 4.82. The van der Waals surface area contributed by atoms with E-state index in [1.807, 2.05) is 0 Å². The highest BCUT2D eigenvalue weighted by Crippen LogP contribution is 2.18. The molecule has 0 aliphatic carbocycles. The third-order valence-corrected chi connectivity index (χ3v) is 4.82. The van der Waals surface area contributed by atoms with Crippen LogP contribution >= 0.6 is 0 Å². The molecule has 1 unspecified atom stereocenters. The van der Waals surface area contributed by atoms with Crippen molar-refractivity contribution >= 4 is 11.8 Å². The van der Waals surface area contributed by atoms with Gasteiger partial charge in [-0.1, -0.05) is 0 Å². The maximum Gasteiger partial charge on any atom is 0.243 e. The van der Waals surface area contributed by atoms with E-state index in [9.17, 15) is 9.59 Å². The molecule has 2 N–H and O–H groups in total. The van der Waals surface area contributed by atoms with Crippen LogP contribution in [0.1, 0.15) is 25.7 Å². The van der Waals surface area contributed by atoms with Gasteiger partial charge in [0.1, 0.15) is 0 Å². The van der Waals surface area contributed by atoms with Gasteiger partial charge in [-0.25, -0.2) is 0 Å². The van der Waals surface area contributed by atoms with Crippen LogP contribution in [0.3, 0.4) is 0 Å². The molecule has 3 aliphatic rings. The number of carbonyl (C=O) groups excluding carboxylic acids is 2. The van der Waals surface area contributed by atoms with Crippen LogP contribution in [0.4, 0.5) is 0 Å². The fraction of sp³-hybridized carbons (Fsp3) is 0.857. The zero-order valence-electron chi connectivity index (χ0n) is 11.9. The van der Waals surface area contributed by atoms with E-state index in [-0.39, 0.29) is 17.9 Å². The summed E-state index contributed by atoms with van der Waals surface area (Å²) in [5.41, 5.74) is 0. The highest BCUT2D eigenvalue weighted by molar-refractivity contribution is 6.00. The largest absolute Gasteiger partial charge is 0.317 e. The molecule has 2 amide bonds. The van der Waals surface area contributed by atoms with Gasteiger partial charge in [0.15, 0.2) is 0 Å². The van der Waals surface area contributed by atoms with Crippen molar-refractivity contribution in [1.82, 2.24) is 20.4 Å². The minimum Gasteiger partial charge on any atom is -0.317 e. The Bertz CT molecular complexity index is 373. The number of nitrogens with one attached hydrogen (secondary N) is 2. The Morgan fingerprint density at radius 3 is 2.20 bits per heavy atom. The average Bonchev–Trinajstić information content (AvgIpc) is 2.48. The van der Waals surface area contributed by atoms with Crippen LogP contribution in [0.15, 0.2) is 0 Å². The molecule has 0 aromatic carbocycles. The first-order valence-corrected chi connectivity index (χ1v) is 7.76. The number of rotatable bonds is 2. The van der Waals surface area contributed by atoms with Gasteiger partial charge in [-0.2, -0.15) is 0 Å². The van der Waals surface area contributed by atoms with Gasteiger partial charge in [0, 0.05) is 38.6 Å². The first-order valence-electron chi connectivity index (χ1n) is 7.76. The van der Waals surface area contributed by atoms with Crippen molar-refractivity contribution in [3.63, 3.8) is 0 Å². The lowest BCUT2D eigenvalue weighted by atomic mass is 10.0. The smallest absolute Gasteiger partial charge is 0.243 e. The van der Waals surface area contributed by atoms with E-state index in [0.717, 1.165) is 39.3 Å². The topological polar surface area (TPSA) is 64.7 Å². The lowest BCUT2D eigenvalue weighted by molar-refractivity contribution is -0.138. The van der Waals surface area contributed by atoms with Crippen LogP contribution in [0.2, 0.25) is 0 Å². The molecule has 3 aliphatic heterocycles. The molecule has 0 spiro atoms. The maximum absolute atomic E-state index is 11.9. The summed E-state index contributed by atoms with van der Waals surface area (Å²) in [5, 5.41) is 5.86. The fourth-order valence-corrected chi connectivity index (χ4v) is 3.62. The zero-order valence-corrected chi connectivity index (χ0v) is 11.9. The predicted octanol–water partition coefficient (Wildman–Crippen LogP) is -0.839. The highest BCUT2D eigenvalue weighted by atomic mass is 16.2. The van der Waals surface area contributed by atoms with Crippen LogP contribution in [0.5, 0.6) is 0 Å². The summed E-state index contributed by atoms with van der Waals surface area (Å²) >= 11 is 0. The Labute approximate surface area is 119 Å². The summed E-state index contributed by atoms with van der Waals surface area (Å²) in [5.74, 6) is -0.226. The number of hydrogen-bond donors (Lipinski definition) is 2. The van der Waals surface area contributed by atoms with Gasteiger partial charge in [0.2, 0.25) is 11.8 Å². The molecule has 0 aromatic rings. The van der Waals surface area contributed by atoms with Crippen molar-refractivity contribution in [2.45, 2.75) is 37.8 Å². The van der Waals surface area contributed by atoms with Crippen molar-refractivity contribution in [2.24, 2.45) is 0 Å². The van der Waals surface area contributed by atoms with Gasteiger partial charge in [0.05, 0.1) is 6.04 Å². The molecule has 0 aromatic heterocycles. The lowest BCUT2D eigenvalue weighted by Gasteiger charge is -2.43. The second-order valence-corrected chi connectivity index (χ2v) is 6.02. The number of hydrogen-bond acceptors (Lipinski definition) is 5. The molecule has 3 rings (SSSR count). The van der Waals surface area contributed by atoms with Crippen molar-refractivity contribution in [3.8, 4) is 0 Å². The van der Waals surface area contributed by atoms with Gasteiger partial charge < -0.3 is 5.32 Å². The van der Waals surface area contributed by atoms with Crippen molar-refractivity contribution in [1.29, 1.82) is 0 Å². The minimum absolute atomic E-state index is 0.0946. The second kappa shape index (κ2) is 6.20. The number of piperidine rings is 2. The van der Waals surface area contributed by atoms with Gasteiger partial charge in [-0.05, 0) is 32.4 Å². The summed E-state index contributed by atoms with van der Waals surface area (Å²) in [6.45, 7) is 6.22. The van der Waals surface area contributed by atoms with Gasteiger partial charge >= 0.3 is 0 Å². The third kappa shape index (κ3) is 3.02. The first-order chi connectivity index (χ1) is 9.74. The minimum atomic E-state index is -0.125. The number of amides is 2. The van der Waals surface area contributed by atoms with Crippen molar-refractivity contribution in [3.05, 3.63) is 0 Å². The molecule has 0 radical (unpaired) electrons. The number of piperazine rings is 1. The van der Waals surface area contributed by atoms with Crippen LogP contribution in [-0.4, -0.2) is 73.0 Å². The van der Waals surface area contributed by atoms with E-state index in [4.69, 9.17) is 0 Å².